The van der Waals surface area contributed by atoms with Gasteiger partial charge in [0.15, 0.2) is 0 Å². The summed E-state index contributed by atoms with van der Waals surface area (Å²) in [6.07, 6.45) is 2.13. The second-order valence-electron chi connectivity index (χ2n) is 5.49. The van der Waals surface area contributed by atoms with Crippen LogP contribution in [0.2, 0.25) is 0 Å². The number of H-pyrrole nitrogens is 1. The lowest BCUT2D eigenvalue weighted by Crippen LogP contribution is -2.40. The molecule has 3 rings (SSSR count). The molecule has 1 heterocycles. The number of carbonyl (C=O) groups is 2. The van der Waals surface area contributed by atoms with Crippen LogP contribution in [0.4, 0.5) is 0 Å². The van der Waals surface area contributed by atoms with E-state index in [-0.39, 0.29) is 11.9 Å². The van der Waals surface area contributed by atoms with Crippen LogP contribution in [0, 0.1) is 5.92 Å². The molecule has 6 heteroatoms. The van der Waals surface area contributed by atoms with Crippen molar-refractivity contribution in [1.82, 2.24) is 15.5 Å². The van der Waals surface area contributed by atoms with Gasteiger partial charge < -0.3 is 10.4 Å². The Kier molecular flexibility index (Phi) is 3.91. The van der Waals surface area contributed by atoms with E-state index >= 15 is 0 Å². The number of rotatable bonds is 4. The first kappa shape index (κ1) is 14.3. The predicted molar refractivity (Wildman–Crippen MR) is 80.3 cm³/mol. The molecule has 0 unspecified atom stereocenters. The summed E-state index contributed by atoms with van der Waals surface area (Å²) in [6, 6.07) is 10.9. The highest BCUT2D eigenvalue weighted by atomic mass is 16.4. The van der Waals surface area contributed by atoms with Gasteiger partial charge in [0.2, 0.25) is 0 Å². The number of aliphatic carboxylic acids is 1. The van der Waals surface area contributed by atoms with E-state index in [1.807, 2.05) is 30.3 Å². The van der Waals surface area contributed by atoms with Crippen LogP contribution in [-0.4, -0.2) is 33.2 Å². The molecule has 114 valence electrons. The van der Waals surface area contributed by atoms with E-state index in [1.54, 1.807) is 6.07 Å². The summed E-state index contributed by atoms with van der Waals surface area (Å²) in [6.45, 7) is 0. The lowest BCUT2D eigenvalue weighted by atomic mass is 10.0. The normalized spacial score (nSPS) is 20.7. The van der Waals surface area contributed by atoms with E-state index in [0.717, 1.165) is 12.0 Å². The maximum Gasteiger partial charge on any atom is 0.308 e. The molecule has 1 aromatic heterocycles. The van der Waals surface area contributed by atoms with Gasteiger partial charge in [-0.2, -0.15) is 5.10 Å². The van der Waals surface area contributed by atoms with Crippen LogP contribution in [0.25, 0.3) is 11.3 Å². The SMILES string of the molecule is O=C(N[C@H]1CCC[C@H]1C(=O)O)c1cc(-c2ccccc2)n[nH]1. The van der Waals surface area contributed by atoms with Gasteiger partial charge >= 0.3 is 5.97 Å². The Labute approximate surface area is 127 Å². The number of hydrogen-bond donors (Lipinski definition) is 3. The van der Waals surface area contributed by atoms with Crippen LogP contribution in [0.1, 0.15) is 29.8 Å². The highest BCUT2D eigenvalue weighted by Gasteiger charge is 2.34. The smallest absolute Gasteiger partial charge is 0.308 e. The highest BCUT2D eigenvalue weighted by molar-refractivity contribution is 5.94. The van der Waals surface area contributed by atoms with Crippen molar-refractivity contribution in [1.29, 1.82) is 0 Å². The van der Waals surface area contributed by atoms with Crippen LogP contribution >= 0.6 is 0 Å². The minimum Gasteiger partial charge on any atom is -0.481 e. The molecule has 1 fully saturated rings. The zero-order valence-electron chi connectivity index (χ0n) is 12.0. The Morgan fingerprint density at radius 2 is 2.00 bits per heavy atom. The molecule has 2 aromatic rings. The molecule has 6 nitrogen and oxygen atoms in total. The van der Waals surface area contributed by atoms with Crippen LogP contribution in [-0.2, 0) is 4.79 Å². The molecule has 2 atom stereocenters. The molecule has 1 aliphatic rings. The van der Waals surface area contributed by atoms with Gasteiger partial charge in [-0.05, 0) is 18.9 Å². The van der Waals surface area contributed by atoms with E-state index in [0.29, 0.717) is 24.2 Å². The Bertz CT molecular complexity index is 681. The van der Waals surface area contributed by atoms with Gasteiger partial charge in [0, 0.05) is 11.6 Å². The van der Waals surface area contributed by atoms with E-state index in [2.05, 4.69) is 15.5 Å². The summed E-state index contributed by atoms with van der Waals surface area (Å²) in [5, 5.41) is 18.8. The molecule has 3 N–H and O–H groups in total. The van der Waals surface area contributed by atoms with Gasteiger partial charge in [0.1, 0.15) is 5.69 Å². The van der Waals surface area contributed by atoms with Crippen molar-refractivity contribution in [3.63, 3.8) is 0 Å². The van der Waals surface area contributed by atoms with Crippen molar-refractivity contribution in [2.75, 3.05) is 0 Å². The molecule has 0 saturated heterocycles. The molecule has 0 radical (unpaired) electrons. The van der Waals surface area contributed by atoms with Crippen LogP contribution in [0.5, 0.6) is 0 Å². The van der Waals surface area contributed by atoms with Crippen molar-refractivity contribution < 1.29 is 14.7 Å². The number of nitrogens with zero attached hydrogens (tertiary/aromatic N) is 1. The fourth-order valence-corrected chi connectivity index (χ4v) is 2.87. The van der Waals surface area contributed by atoms with E-state index in [4.69, 9.17) is 5.11 Å². The summed E-state index contributed by atoms with van der Waals surface area (Å²) in [5.74, 6) is -1.66. The molecule has 22 heavy (non-hydrogen) atoms. The average molecular weight is 299 g/mol. The first-order valence-corrected chi connectivity index (χ1v) is 7.29. The number of aromatic amines is 1. The number of carbonyl (C=O) groups excluding carboxylic acids is 1. The molecular formula is C16H17N3O3. The van der Waals surface area contributed by atoms with Crippen LogP contribution < -0.4 is 5.32 Å². The van der Waals surface area contributed by atoms with Gasteiger partial charge in [-0.3, -0.25) is 14.7 Å². The third-order valence-electron chi connectivity index (χ3n) is 4.04. The first-order chi connectivity index (χ1) is 10.6. The van der Waals surface area contributed by atoms with Crippen molar-refractivity contribution >= 4 is 11.9 Å². The number of carboxylic acid groups (broad SMARTS) is 1. The predicted octanol–water partition coefficient (Wildman–Crippen LogP) is 2.06. The van der Waals surface area contributed by atoms with Gasteiger partial charge in [-0.1, -0.05) is 36.8 Å². The third kappa shape index (κ3) is 2.86. The zero-order valence-corrected chi connectivity index (χ0v) is 12.0. The summed E-state index contributed by atoms with van der Waals surface area (Å²) >= 11 is 0. The lowest BCUT2D eigenvalue weighted by molar-refractivity contribution is -0.142. The number of nitrogens with one attached hydrogen (secondary N) is 2. The van der Waals surface area contributed by atoms with Gasteiger partial charge in [-0.25, -0.2) is 0 Å². The van der Waals surface area contributed by atoms with Gasteiger partial charge in [0.05, 0.1) is 11.6 Å². The van der Waals surface area contributed by atoms with Gasteiger partial charge in [-0.15, -0.1) is 0 Å². The topological polar surface area (TPSA) is 95.1 Å². The molecule has 0 spiro atoms. The second-order valence-corrected chi connectivity index (χ2v) is 5.49. The van der Waals surface area contributed by atoms with E-state index in [1.165, 1.54) is 0 Å². The number of amides is 1. The van der Waals surface area contributed by atoms with Crippen molar-refractivity contribution in [3.05, 3.63) is 42.1 Å². The molecule has 0 aliphatic heterocycles. The molecule has 1 saturated carbocycles. The fourth-order valence-electron chi connectivity index (χ4n) is 2.87. The largest absolute Gasteiger partial charge is 0.481 e. The number of hydrogen-bond acceptors (Lipinski definition) is 3. The summed E-state index contributed by atoms with van der Waals surface area (Å²) in [7, 11) is 0. The van der Waals surface area contributed by atoms with Crippen LogP contribution in [0.15, 0.2) is 36.4 Å². The van der Waals surface area contributed by atoms with Gasteiger partial charge in [0.25, 0.3) is 5.91 Å². The lowest BCUT2D eigenvalue weighted by Gasteiger charge is -2.16. The molecule has 1 aliphatic carbocycles. The van der Waals surface area contributed by atoms with Crippen molar-refractivity contribution in [2.45, 2.75) is 25.3 Å². The summed E-state index contributed by atoms with van der Waals surface area (Å²) < 4.78 is 0. The first-order valence-electron chi connectivity index (χ1n) is 7.29. The summed E-state index contributed by atoms with van der Waals surface area (Å²) in [5.41, 5.74) is 1.95. The number of benzene rings is 1. The quantitative estimate of drug-likeness (QED) is 0.805. The molecule has 1 amide bonds. The standard InChI is InChI=1S/C16H17N3O3/c20-15(17-12-8-4-7-11(12)16(21)22)14-9-13(18-19-14)10-5-2-1-3-6-10/h1-3,5-6,9,11-12H,4,7-8H2,(H,17,20)(H,18,19)(H,21,22)/t11-,12+/m1/s1. The molecular weight excluding hydrogens is 282 g/mol. The van der Waals surface area contributed by atoms with Crippen molar-refractivity contribution in [2.24, 2.45) is 5.92 Å². The Hall–Kier alpha value is -2.63. The zero-order chi connectivity index (χ0) is 15.5. The minimum atomic E-state index is -0.850. The maximum atomic E-state index is 12.2. The van der Waals surface area contributed by atoms with Crippen LogP contribution in [0.3, 0.4) is 0 Å². The second kappa shape index (κ2) is 6.01. The fraction of sp³-hybridized carbons (Fsp3) is 0.312. The Balaban J connectivity index is 1.71. The molecule has 1 aromatic carbocycles. The number of aromatic nitrogens is 2. The van der Waals surface area contributed by atoms with E-state index in [9.17, 15) is 9.59 Å². The Morgan fingerprint density at radius 3 is 2.73 bits per heavy atom. The summed E-state index contributed by atoms with van der Waals surface area (Å²) in [4.78, 5) is 23.4. The monoisotopic (exact) mass is 299 g/mol. The average Bonchev–Trinajstić information content (AvgIpc) is 3.17. The number of carboxylic acids is 1. The van der Waals surface area contributed by atoms with E-state index < -0.39 is 11.9 Å². The molecule has 0 bridgehead atoms. The minimum absolute atomic E-state index is 0.312. The maximum absolute atomic E-state index is 12.2. The highest BCUT2D eigenvalue weighted by Crippen LogP contribution is 2.26. The van der Waals surface area contributed by atoms with Crippen molar-refractivity contribution in [3.8, 4) is 11.3 Å². The Morgan fingerprint density at radius 1 is 1.23 bits per heavy atom. The third-order valence-corrected chi connectivity index (χ3v) is 4.04.